The molecule has 27 heavy (non-hydrogen) atoms. The Morgan fingerprint density at radius 1 is 1.22 bits per heavy atom. The smallest absolute Gasteiger partial charge is 0.353 e. The van der Waals surface area contributed by atoms with E-state index in [4.69, 9.17) is 16.2 Å². The number of carbonyl (C=O) groups is 2. The number of benzene rings is 1. The van der Waals surface area contributed by atoms with Gasteiger partial charge < -0.3 is 21.3 Å². The molecule has 0 amide bonds. The van der Waals surface area contributed by atoms with Crippen LogP contribution in [0.4, 0.5) is 4.39 Å². The Labute approximate surface area is 160 Å². The van der Waals surface area contributed by atoms with Crippen molar-refractivity contribution in [2.45, 2.75) is 39.3 Å². The highest BCUT2D eigenvalue weighted by Gasteiger charge is 2.35. The molecule has 0 saturated heterocycles. The molecule has 0 fully saturated rings. The van der Waals surface area contributed by atoms with E-state index in [9.17, 15) is 19.1 Å². The van der Waals surface area contributed by atoms with E-state index in [-0.39, 0.29) is 10.6 Å². The zero-order valence-electron chi connectivity index (χ0n) is 15.2. The molecule has 0 bridgehead atoms. The molecule has 5 N–H and O–H groups in total. The first-order valence-electron chi connectivity index (χ1n) is 8.57. The summed E-state index contributed by atoms with van der Waals surface area (Å²) >= 11 is 1.15. The Kier molecular flexibility index (Phi) is 6.69. The number of thiophene rings is 1. The van der Waals surface area contributed by atoms with Crippen LogP contribution < -0.4 is 16.2 Å². The number of esters is 1. The van der Waals surface area contributed by atoms with Gasteiger partial charge in [-0.3, -0.25) is 4.79 Å². The summed E-state index contributed by atoms with van der Waals surface area (Å²) < 4.78 is 19.2. The van der Waals surface area contributed by atoms with E-state index in [1.807, 2.05) is 13.8 Å². The lowest BCUT2D eigenvalue weighted by atomic mass is 9.79. The van der Waals surface area contributed by atoms with Crippen molar-refractivity contribution in [2.24, 2.45) is 16.9 Å². The second-order valence-electron chi connectivity index (χ2n) is 6.34. The summed E-state index contributed by atoms with van der Waals surface area (Å²) in [5.41, 5.74) is 10.5. The number of aliphatic carboxylic acids is 1. The number of carboxylic acids is 1. The van der Waals surface area contributed by atoms with Crippen LogP contribution in [0, 0.1) is 11.2 Å². The molecule has 0 radical (unpaired) electrons. The summed E-state index contributed by atoms with van der Waals surface area (Å²) in [7, 11) is 0. The predicted octanol–water partition coefficient (Wildman–Crippen LogP) is 3.46. The van der Waals surface area contributed by atoms with Gasteiger partial charge in [0, 0.05) is 4.88 Å². The van der Waals surface area contributed by atoms with Crippen LogP contribution in [-0.4, -0.2) is 17.0 Å². The van der Waals surface area contributed by atoms with Gasteiger partial charge in [0.1, 0.15) is 4.88 Å². The number of hydrogen-bond acceptors (Lipinski definition) is 6. The average molecular weight is 394 g/mol. The van der Waals surface area contributed by atoms with Crippen molar-refractivity contribution in [2.75, 3.05) is 0 Å². The second-order valence-corrected chi connectivity index (χ2v) is 7.51. The first-order valence-corrected chi connectivity index (χ1v) is 9.39. The second kappa shape index (κ2) is 8.60. The summed E-state index contributed by atoms with van der Waals surface area (Å²) in [4.78, 5) is 25.0. The average Bonchev–Trinajstić information content (AvgIpc) is 3.09. The zero-order valence-corrected chi connectivity index (χ0v) is 16.0. The van der Waals surface area contributed by atoms with Gasteiger partial charge in [0.25, 0.3) is 0 Å². The minimum Gasteiger partial charge on any atom is -0.481 e. The van der Waals surface area contributed by atoms with Crippen LogP contribution in [0.1, 0.15) is 53.0 Å². The van der Waals surface area contributed by atoms with Crippen LogP contribution in [0.3, 0.4) is 0 Å². The standard InChI is InChI=1S/C19H23FN2O4S/c1-3-19(4-2,18(24)25)10-12-6-8-15(27-12)17(23)26-14-7-5-11(16(21)22)9-13(14)20/h5-9,16H,3-4,10,21-22H2,1-2H3,(H,24,25). The first kappa shape index (κ1) is 21.0. The van der Waals surface area contributed by atoms with Crippen LogP contribution in [0.25, 0.3) is 0 Å². The number of carboxylic acid groups (broad SMARTS) is 1. The van der Waals surface area contributed by atoms with Crippen molar-refractivity contribution >= 4 is 23.3 Å². The largest absolute Gasteiger partial charge is 0.481 e. The van der Waals surface area contributed by atoms with Gasteiger partial charge in [-0.25, -0.2) is 9.18 Å². The molecular formula is C19H23FN2O4S. The Hall–Kier alpha value is -2.29. The lowest BCUT2D eigenvalue weighted by Gasteiger charge is -2.25. The van der Waals surface area contributed by atoms with E-state index in [0.717, 1.165) is 22.3 Å². The highest BCUT2D eigenvalue weighted by Crippen LogP contribution is 2.34. The molecule has 2 rings (SSSR count). The molecule has 146 valence electrons. The van der Waals surface area contributed by atoms with Gasteiger partial charge in [-0.15, -0.1) is 11.3 Å². The number of nitrogens with two attached hydrogens (primary N) is 2. The fourth-order valence-electron chi connectivity index (χ4n) is 2.75. The molecule has 1 heterocycles. The Morgan fingerprint density at radius 3 is 2.41 bits per heavy atom. The minimum atomic E-state index is -0.866. The summed E-state index contributed by atoms with van der Waals surface area (Å²) in [6.07, 6.45) is 0.468. The molecular weight excluding hydrogens is 371 g/mol. The molecule has 2 aromatic rings. The van der Waals surface area contributed by atoms with Crippen molar-refractivity contribution in [3.05, 3.63) is 51.5 Å². The van der Waals surface area contributed by atoms with Crippen molar-refractivity contribution < 1.29 is 23.8 Å². The predicted molar refractivity (Wildman–Crippen MR) is 101 cm³/mol. The third-order valence-electron chi connectivity index (χ3n) is 4.73. The monoisotopic (exact) mass is 394 g/mol. The Bertz CT molecular complexity index is 831. The fraction of sp³-hybridized carbons (Fsp3) is 0.368. The normalized spacial score (nSPS) is 11.6. The third-order valence-corrected chi connectivity index (χ3v) is 5.79. The quantitative estimate of drug-likeness (QED) is 0.359. The van der Waals surface area contributed by atoms with E-state index >= 15 is 0 Å². The number of hydrogen-bond donors (Lipinski definition) is 3. The van der Waals surface area contributed by atoms with E-state index in [2.05, 4.69) is 0 Å². The van der Waals surface area contributed by atoms with Gasteiger partial charge >= 0.3 is 11.9 Å². The van der Waals surface area contributed by atoms with Gasteiger partial charge in [-0.05, 0) is 49.1 Å². The number of rotatable bonds is 8. The van der Waals surface area contributed by atoms with Gasteiger partial charge in [-0.1, -0.05) is 19.9 Å². The van der Waals surface area contributed by atoms with Crippen LogP contribution in [0.5, 0.6) is 5.75 Å². The van der Waals surface area contributed by atoms with Crippen molar-refractivity contribution in [1.82, 2.24) is 0 Å². The molecule has 6 nitrogen and oxygen atoms in total. The SMILES string of the molecule is CCC(CC)(Cc1ccc(C(=O)Oc2ccc(C(N)N)cc2F)s1)C(=O)O. The van der Waals surface area contributed by atoms with Crippen LogP contribution in [0.2, 0.25) is 0 Å². The summed E-state index contributed by atoms with van der Waals surface area (Å²) in [6.45, 7) is 3.67. The molecule has 0 aliphatic carbocycles. The highest BCUT2D eigenvalue weighted by atomic mass is 32.1. The van der Waals surface area contributed by atoms with E-state index in [1.54, 1.807) is 12.1 Å². The molecule has 0 unspecified atom stereocenters. The summed E-state index contributed by atoms with van der Waals surface area (Å²) in [5.74, 6) is -2.52. The molecule has 0 saturated carbocycles. The molecule has 1 aromatic carbocycles. The first-order chi connectivity index (χ1) is 12.7. The van der Waals surface area contributed by atoms with E-state index in [1.165, 1.54) is 12.1 Å². The van der Waals surface area contributed by atoms with Crippen molar-refractivity contribution in [1.29, 1.82) is 0 Å². The summed E-state index contributed by atoms with van der Waals surface area (Å²) in [5, 5.41) is 9.54. The molecule has 0 aliphatic rings. The third kappa shape index (κ3) is 4.71. The molecule has 0 atom stereocenters. The lowest BCUT2D eigenvalue weighted by Crippen LogP contribution is -2.31. The Morgan fingerprint density at radius 2 is 1.89 bits per heavy atom. The maximum absolute atomic E-state index is 14.0. The van der Waals surface area contributed by atoms with Gasteiger partial charge in [-0.2, -0.15) is 0 Å². The van der Waals surface area contributed by atoms with Gasteiger partial charge in [0.15, 0.2) is 11.6 Å². The molecule has 1 aromatic heterocycles. The molecule has 0 aliphatic heterocycles. The van der Waals surface area contributed by atoms with E-state index in [0.29, 0.717) is 24.8 Å². The van der Waals surface area contributed by atoms with Crippen LogP contribution >= 0.6 is 11.3 Å². The van der Waals surface area contributed by atoms with Crippen molar-refractivity contribution in [3.63, 3.8) is 0 Å². The number of carbonyl (C=O) groups excluding carboxylic acids is 1. The van der Waals surface area contributed by atoms with E-state index < -0.39 is 29.3 Å². The molecule has 8 heteroatoms. The van der Waals surface area contributed by atoms with Crippen LogP contribution in [-0.2, 0) is 11.2 Å². The molecule has 0 spiro atoms. The van der Waals surface area contributed by atoms with Gasteiger partial charge in [0.2, 0.25) is 0 Å². The Balaban J connectivity index is 2.14. The highest BCUT2D eigenvalue weighted by molar-refractivity contribution is 7.13. The number of ether oxygens (including phenoxy) is 1. The maximum atomic E-state index is 14.0. The fourth-order valence-corrected chi connectivity index (χ4v) is 3.78. The maximum Gasteiger partial charge on any atom is 0.353 e. The van der Waals surface area contributed by atoms with Crippen LogP contribution in [0.15, 0.2) is 30.3 Å². The minimum absolute atomic E-state index is 0.221. The lowest BCUT2D eigenvalue weighted by molar-refractivity contribution is -0.149. The van der Waals surface area contributed by atoms with Crippen molar-refractivity contribution in [3.8, 4) is 5.75 Å². The van der Waals surface area contributed by atoms with Gasteiger partial charge in [0.05, 0.1) is 11.6 Å². The topological polar surface area (TPSA) is 116 Å². The zero-order chi connectivity index (χ0) is 20.2. The number of halogens is 1. The summed E-state index contributed by atoms with van der Waals surface area (Å²) in [6, 6.07) is 7.17.